The topological polar surface area (TPSA) is 26.3 Å². The predicted molar refractivity (Wildman–Crippen MR) is 75.0 cm³/mol. The Hall–Kier alpha value is -1.61. The lowest BCUT2D eigenvalue weighted by atomic mass is 10.1. The number of ketones is 1. The normalized spacial score (nSPS) is 11.9. The van der Waals surface area contributed by atoms with Crippen molar-refractivity contribution in [1.29, 1.82) is 0 Å². The average Bonchev–Trinajstić information content (AvgIpc) is 2.39. The lowest BCUT2D eigenvalue weighted by Gasteiger charge is -2.13. The van der Waals surface area contributed by atoms with Gasteiger partial charge in [-0.05, 0) is 25.1 Å². The Kier molecular flexibility index (Phi) is 4.15. The molecule has 0 fully saturated rings. The summed E-state index contributed by atoms with van der Waals surface area (Å²) in [7, 11) is 0. The first kappa shape index (κ1) is 12.8. The standard InChI is InChI=1S/C15H13BrO2/c1-11(15(17)12-6-3-2-4-7-12)18-14-9-5-8-13(16)10-14/h2-11H,1H3/t11-/m1/s1. The van der Waals surface area contributed by atoms with Crippen LogP contribution in [0.25, 0.3) is 0 Å². The predicted octanol–water partition coefficient (Wildman–Crippen LogP) is 4.10. The molecule has 0 aliphatic rings. The number of hydrogen-bond acceptors (Lipinski definition) is 2. The molecule has 0 heterocycles. The molecule has 0 N–H and O–H groups in total. The molecule has 2 aromatic rings. The first-order chi connectivity index (χ1) is 8.66. The van der Waals surface area contributed by atoms with E-state index in [4.69, 9.17) is 4.74 Å². The van der Waals surface area contributed by atoms with Crippen molar-refractivity contribution in [2.75, 3.05) is 0 Å². The van der Waals surface area contributed by atoms with Crippen LogP contribution in [0.15, 0.2) is 59.1 Å². The molecular formula is C15H13BrO2. The molecule has 0 saturated carbocycles. The molecule has 92 valence electrons. The molecule has 3 heteroatoms. The maximum Gasteiger partial charge on any atom is 0.202 e. The Morgan fingerprint density at radius 2 is 1.83 bits per heavy atom. The van der Waals surface area contributed by atoms with Crippen molar-refractivity contribution in [3.05, 3.63) is 64.6 Å². The Labute approximate surface area is 115 Å². The van der Waals surface area contributed by atoms with E-state index in [0.29, 0.717) is 11.3 Å². The Morgan fingerprint density at radius 3 is 2.50 bits per heavy atom. The molecule has 0 spiro atoms. The summed E-state index contributed by atoms with van der Waals surface area (Å²) in [4.78, 5) is 12.1. The molecule has 2 nitrogen and oxygen atoms in total. The molecule has 0 aromatic heterocycles. The number of rotatable bonds is 4. The third kappa shape index (κ3) is 3.20. The van der Waals surface area contributed by atoms with Gasteiger partial charge in [-0.15, -0.1) is 0 Å². The Balaban J connectivity index is 2.09. The number of halogens is 1. The van der Waals surface area contributed by atoms with Crippen LogP contribution in [-0.2, 0) is 0 Å². The van der Waals surface area contributed by atoms with Crippen molar-refractivity contribution in [3.8, 4) is 5.75 Å². The highest BCUT2D eigenvalue weighted by Crippen LogP contribution is 2.19. The molecule has 0 amide bonds. The zero-order chi connectivity index (χ0) is 13.0. The van der Waals surface area contributed by atoms with E-state index in [1.165, 1.54) is 0 Å². The van der Waals surface area contributed by atoms with Gasteiger partial charge in [0.2, 0.25) is 5.78 Å². The summed E-state index contributed by atoms with van der Waals surface area (Å²) in [6.07, 6.45) is -0.498. The number of ether oxygens (including phenoxy) is 1. The van der Waals surface area contributed by atoms with E-state index in [1.807, 2.05) is 42.5 Å². The number of hydrogen-bond donors (Lipinski definition) is 0. The van der Waals surface area contributed by atoms with Gasteiger partial charge in [0.1, 0.15) is 5.75 Å². The van der Waals surface area contributed by atoms with E-state index < -0.39 is 6.10 Å². The number of Topliss-reactive ketones (excluding diaryl/α,β-unsaturated/α-hetero) is 1. The third-order valence-electron chi connectivity index (χ3n) is 2.54. The summed E-state index contributed by atoms with van der Waals surface area (Å²) in [5, 5.41) is 0. The van der Waals surface area contributed by atoms with Gasteiger partial charge in [-0.3, -0.25) is 4.79 Å². The second-order valence-corrected chi connectivity index (χ2v) is 4.86. The highest BCUT2D eigenvalue weighted by Gasteiger charge is 2.16. The largest absolute Gasteiger partial charge is 0.483 e. The van der Waals surface area contributed by atoms with Gasteiger partial charge in [0.15, 0.2) is 6.10 Å². The van der Waals surface area contributed by atoms with Crippen molar-refractivity contribution >= 4 is 21.7 Å². The van der Waals surface area contributed by atoms with Crippen molar-refractivity contribution in [2.24, 2.45) is 0 Å². The van der Waals surface area contributed by atoms with Crippen LogP contribution in [-0.4, -0.2) is 11.9 Å². The van der Waals surface area contributed by atoms with Crippen LogP contribution in [0.1, 0.15) is 17.3 Å². The quantitative estimate of drug-likeness (QED) is 0.795. The molecule has 0 radical (unpaired) electrons. The minimum absolute atomic E-state index is 0.0180. The van der Waals surface area contributed by atoms with Crippen LogP contribution >= 0.6 is 15.9 Å². The van der Waals surface area contributed by atoms with Gasteiger partial charge in [-0.2, -0.15) is 0 Å². The van der Waals surface area contributed by atoms with E-state index in [9.17, 15) is 4.79 Å². The van der Waals surface area contributed by atoms with Gasteiger partial charge in [-0.1, -0.05) is 52.3 Å². The molecule has 18 heavy (non-hydrogen) atoms. The Bertz CT molecular complexity index is 537. The molecule has 0 aliphatic heterocycles. The molecule has 2 rings (SSSR count). The fraction of sp³-hybridized carbons (Fsp3) is 0.133. The van der Waals surface area contributed by atoms with E-state index >= 15 is 0 Å². The zero-order valence-corrected chi connectivity index (χ0v) is 11.6. The summed E-state index contributed by atoms with van der Waals surface area (Å²) in [6.45, 7) is 1.76. The Morgan fingerprint density at radius 1 is 1.11 bits per heavy atom. The van der Waals surface area contributed by atoms with E-state index in [1.54, 1.807) is 19.1 Å². The zero-order valence-electron chi connectivity index (χ0n) is 9.97. The highest BCUT2D eigenvalue weighted by atomic mass is 79.9. The van der Waals surface area contributed by atoms with E-state index in [2.05, 4.69) is 15.9 Å². The van der Waals surface area contributed by atoms with Crippen molar-refractivity contribution in [3.63, 3.8) is 0 Å². The summed E-state index contributed by atoms with van der Waals surface area (Å²) in [5.74, 6) is 0.664. The fourth-order valence-electron chi connectivity index (χ4n) is 1.64. The number of carbonyl (C=O) groups is 1. The minimum Gasteiger partial charge on any atom is -0.483 e. The van der Waals surface area contributed by atoms with Crippen LogP contribution < -0.4 is 4.74 Å². The van der Waals surface area contributed by atoms with Crippen LogP contribution in [0.4, 0.5) is 0 Å². The second kappa shape index (κ2) is 5.83. The van der Waals surface area contributed by atoms with Crippen LogP contribution in [0, 0.1) is 0 Å². The third-order valence-corrected chi connectivity index (χ3v) is 3.03. The van der Waals surface area contributed by atoms with E-state index in [0.717, 1.165) is 4.47 Å². The maximum absolute atomic E-state index is 12.1. The van der Waals surface area contributed by atoms with Gasteiger partial charge >= 0.3 is 0 Å². The summed E-state index contributed by atoms with van der Waals surface area (Å²) < 4.78 is 6.56. The van der Waals surface area contributed by atoms with Crippen LogP contribution in [0.2, 0.25) is 0 Å². The van der Waals surface area contributed by atoms with Crippen LogP contribution in [0.3, 0.4) is 0 Å². The molecule has 2 aromatic carbocycles. The van der Waals surface area contributed by atoms with Crippen LogP contribution in [0.5, 0.6) is 5.75 Å². The van der Waals surface area contributed by atoms with Gasteiger partial charge in [0, 0.05) is 10.0 Å². The molecule has 0 aliphatic carbocycles. The van der Waals surface area contributed by atoms with Crippen molar-refractivity contribution < 1.29 is 9.53 Å². The number of benzene rings is 2. The van der Waals surface area contributed by atoms with Gasteiger partial charge in [0.25, 0.3) is 0 Å². The van der Waals surface area contributed by atoms with E-state index in [-0.39, 0.29) is 5.78 Å². The van der Waals surface area contributed by atoms with Crippen molar-refractivity contribution in [2.45, 2.75) is 13.0 Å². The second-order valence-electron chi connectivity index (χ2n) is 3.95. The lowest BCUT2D eigenvalue weighted by Crippen LogP contribution is -2.23. The first-order valence-corrected chi connectivity index (χ1v) is 6.47. The molecule has 0 unspecified atom stereocenters. The first-order valence-electron chi connectivity index (χ1n) is 5.68. The maximum atomic E-state index is 12.1. The van der Waals surface area contributed by atoms with Gasteiger partial charge in [-0.25, -0.2) is 0 Å². The summed E-state index contributed by atoms with van der Waals surface area (Å²) in [6, 6.07) is 16.6. The summed E-state index contributed by atoms with van der Waals surface area (Å²) in [5.41, 5.74) is 0.667. The number of carbonyl (C=O) groups excluding carboxylic acids is 1. The smallest absolute Gasteiger partial charge is 0.202 e. The van der Waals surface area contributed by atoms with Gasteiger partial charge < -0.3 is 4.74 Å². The molecule has 0 saturated heterocycles. The lowest BCUT2D eigenvalue weighted by molar-refractivity contribution is 0.0818. The molecule has 1 atom stereocenters. The summed E-state index contributed by atoms with van der Waals surface area (Å²) >= 11 is 3.37. The SMILES string of the molecule is C[C@@H](Oc1cccc(Br)c1)C(=O)c1ccccc1. The minimum atomic E-state index is -0.498. The van der Waals surface area contributed by atoms with Gasteiger partial charge in [0.05, 0.1) is 0 Å². The van der Waals surface area contributed by atoms with Crippen molar-refractivity contribution in [1.82, 2.24) is 0 Å². The average molecular weight is 305 g/mol. The fourth-order valence-corrected chi connectivity index (χ4v) is 2.01. The highest BCUT2D eigenvalue weighted by molar-refractivity contribution is 9.10. The monoisotopic (exact) mass is 304 g/mol. The molecule has 0 bridgehead atoms. The molecular weight excluding hydrogens is 292 g/mol.